The molecular weight excluding hydrogens is 305 g/mol. The van der Waals surface area contributed by atoms with Gasteiger partial charge in [-0.25, -0.2) is 4.39 Å². The molecule has 0 aliphatic heterocycles. The molecule has 0 fully saturated rings. The highest BCUT2D eigenvalue weighted by Gasteiger charge is 2.11. The summed E-state index contributed by atoms with van der Waals surface area (Å²) in [6.45, 7) is 0.196. The smallest absolute Gasteiger partial charge is 0.229 e. The van der Waals surface area contributed by atoms with Gasteiger partial charge in [0.25, 0.3) is 0 Å². The lowest BCUT2D eigenvalue weighted by molar-refractivity contribution is -0.116. The zero-order valence-electron chi connectivity index (χ0n) is 11.8. The number of nitrogens with one attached hydrogen (secondary N) is 2. The van der Waals surface area contributed by atoms with Crippen LogP contribution >= 0.6 is 11.3 Å². The van der Waals surface area contributed by atoms with Crippen molar-refractivity contribution in [1.29, 1.82) is 0 Å². The lowest BCUT2D eigenvalue weighted by atomic mass is 10.2. The third kappa shape index (κ3) is 4.64. The van der Waals surface area contributed by atoms with E-state index >= 15 is 0 Å². The number of nitrogens with two attached hydrogens (primary N) is 1. The molecule has 1 aromatic heterocycles. The Morgan fingerprint density at radius 1 is 1.14 bits per heavy atom. The molecule has 0 spiro atoms. The first-order valence-electron chi connectivity index (χ1n) is 6.70. The largest absolute Gasteiger partial charge is 0.330 e. The van der Waals surface area contributed by atoms with Crippen molar-refractivity contribution >= 4 is 34.5 Å². The van der Waals surface area contributed by atoms with Crippen LogP contribution in [0.5, 0.6) is 0 Å². The summed E-state index contributed by atoms with van der Waals surface area (Å²) < 4.78 is 13.3. The molecule has 0 saturated carbocycles. The van der Waals surface area contributed by atoms with Crippen molar-refractivity contribution < 1.29 is 14.0 Å². The molecule has 116 valence electrons. The minimum Gasteiger partial charge on any atom is -0.330 e. The normalized spacial score (nSPS) is 10.3. The van der Waals surface area contributed by atoms with Gasteiger partial charge in [-0.1, -0.05) is 6.07 Å². The fourth-order valence-corrected chi connectivity index (χ4v) is 2.54. The van der Waals surface area contributed by atoms with Gasteiger partial charge in [-0.15, -0.1) is 11.3 Å². The molecule has 0 atom stereocenters. The van der Waals surface area contributed by atoms with Gasteiger partial charge < -0.3 is 16.4 Å². The first-order valence-corrected chi connectivity index (χ1v) is 7.58. The topological polar surface area (TPSA) is 84.2 Å². The Balaban J connectivity index is 2.09. The van der Waals surface area contributed by atoms with E-state index in [1.807, 2.05) is 17.5 Å². The van der Waals surface area contributed by atoms with E-state index in [4.69, 9.17) is 5.73 Å². The second-order valence-electron chi connectivity index (χ2n) is 4.58. The maximum Gasteiger partial charge on any atom is 0.229 e. The quantitative estimate of drug-likeness (QED) is 0.763. The van der Waals surface area contributed by atoms with Gasteiger partial charge in [0.1, 0.15) is 5.82 Å². The summed E-state index contributed by atoms with van der Waals surface area (Å²) in [6.07, 6.45) is 0.352. The maximum absolute atomic E-state index is 13.3. The van der Waals surface area contributed by atoms with E-state index in [-0.39, 0.29) is 36.9 Å². The van der Waals surface area contributed by atoms with Crippen molar-refractivity contribution in [1.82, 2.24) is 0 Å². The van der Waals surface area contributed by atoms with E-state index in [0.29, 0.717) is 5.69 Å². The Bertz CT molecular complexity index is 659. The molecule has 2 aromatic rings. The summed E-state index contributed by atoms with van der Waals surface area (Å²) in [7, 11) is 0. The van der Waals surface area contributed by atoms with Crippen LogP contribution in [0.2, 0.25) is 0 Å². The van der Waals surface area contributed by atoms with E-state index in [1.165, 1.54) is 23.5 Å². The third-order valence-corrected chi connectivity index (χ3v) is 3.69. The number of halogens is 1. The SMILES string of the molecule is NCCC(=O)Nc1cc(F)ccc1NC(=O)Cc1cccs1. The van der Waals surface area contributed by atoms with Crippen LogP contribution in [0.4, 0.5) is 15.8 Å². The number of anilines is 2. The van der Waals surface area contributed by atoms with Crippen LogP contribution in [0.25, 0.3) is 0 Å². The molecule has 0 radical (unpaired) electrons. The van der Waals surface area contributed by atoms with E-state index in [1.54, 1.807) is 0 Å². The van der Waals surface area contributed by atoms with Crippen molar-refractivity contribution in [3.05, 3.63) is 46.4 Å². The molecule has 1 aromatic carbocycles. The standard InChI is InChI=1S/C15H16FN3O2S/c16-10-3-4-12(13(8-10)19-14(20)5-6-17)18-15(21)9-11-2-1-7-22-11/h1-4,7-8H,5-6,9,17H2,(H,18,21)(H,19,20). The molecule has 0 bridgehead atoms. The average molecular weight is 321 g/mol. The Morgan fingerprint density at radius 3 is 2.59 bits per heavy atom. The molecule has 0 unspecified atom stereocenters. The number of amides is 2. The van der Waals surface area contributed by atoms with Crippen LogP contribution in [0, 0.1) is 5.82 Å². The minimum absolute atomic E-state index is 0.124. The number of carbonyl (C=O) groups is 2. The number of benzene rings is 1. The van der Waals surface area contributed by atoms with Gasteiger partial charge >= 0.3 is 0 Å². The van der Waals surface area contributed by atoms with Crippen molar-refractivity contribution in [3.8, 4) is 0 Å². The van der Waals surface area contributed by atoms with Gasteiger partial charge in [-0.05, 0) is 29.6 Å². The highest BCUT2D eigenvalue weighted by atomic mass is 32.1. The van der Waals surface area contributed by atoms with Gasteiger partial charge in [-0.2, -0.15) is 0 Å². The van der Waals surface area contributed by atoms with Crippen LogP contribution in [0.15, 0.2) is 35.7 Å². The molecule has 5 nitrogen and oxygen atoms in total. The van der Waals surface area contributed by atoms with Crippen LogP contribution in [0.3, 0.4) is 0 Å². The Kier molecular flexibility index (Phi) is 5.62. The average Bonchev–Trinajstić information content (AvgIpc) is 2.95. The van der Waals surface area contributed by atoms with Crippen LogP contribution in [0.1, 0.15) is 11.3 Å². The summed E-state index contributed by atoms with van der Waals surface area (Å²) in [5, 5.41) is 7.11. The van der Waals surface area contributed by atoms with Gasteiger partial charge in [0.05, 0.1) is 17.8 Å². The van der Waals surface area contributed by atoms with Gasteiger partial charge in [0.15, 0.2) is 0 Å². The third-order valence-electron chi connectivity index (χ3n) is 2.82. The Hall–Kier alpha value is -2.25. The molecular formula is C15H16FN3O2S. The summed E-state index contributed by atoms with van der Waals surface area (Å²) in [5.74, 6) is -1.07. The lowest BCUT2D eigenvalue weighted by Crippen LogP contribution is -2.19. The van der Waals surface area contributed by atoms with Gasteiger partial charge in [0, 0.05) is 17.8 Å². The number of rotatable bonds is 6. The second kappa shape index (κ2) is 7.67. The van der Waals surface area contributed by atoms with Crippen LogP contribution in [-0.2, 0) is 16.0 Å². The predicted molar refractivity (Wildman–Crippen MR) is 85.4 cm³/mol. The highest BCUT2D eigenvalue weighted by molar-refractivity contribution is 7.10. The van der Waals surface area contributed by atoms with Crippen molar-refractivity contribution in [2.75, 3.05) is 17.2 Å². The summed E-state index contributed by atoms with van der Waals surface area (Å²) in [4.78, 5) is 24.5. The lowest BCUT2D eigenvalue weighted by Gasteiger charge is -2.12. The molecule has 4 N–H and O–H groups in total. The molecule has 2 rings (SSSR count). The van der Waals surface area contributed by atoms with Crippen molar-refractivity contribution in [2.24, 2.45) is 5.73 Å². The zero-order chi connectivity index (χ0) is 15.9. The van der Waals surface area contributed by atoms with Crippen molar-refractivity contribution in [3.63, 3.8) is 0 Å². The van der Waals surface area contributed by atoms with Gasteiger partial charge in [0.2, 0.25) is 11.8 Å². The Labute approximate surface area is 131 Å². The zero-order valence-corrected chi connectivity index (χ0v) is 12.6. The summed E-state index contributed by atoms with van der Waals surface area (Å²) in [6, 6.07) is 7.52. The van der Waals surface area contributed by atoms with E-state index in [2.05, 4.69) is 10.6 Å². The summed E-state index contributed by atoms with van der Waals surface area (Å²) >= 11 is 1.48. The van der Waals surface area contributed by atoms with E-state index < -0.39 is 5.82 Å². The first kappa shape index (κ1) is 16.1. The number of thiophene rings is 1. The fraction of sp³-hybridized carbons (Fsp3) is 0.200. The monoisotopic (exact) mass is 321 g/mol. The highest BCUT2D eigenvalue weighted by Crippen LogP contribution is 2.23. The van der Waals surface area contributed by atoms with Crippen molar-refractivity contribution in [2.45, 2.75) is 12.8 Å². The summed E-state index contributed by atoms with van der Waals surface area (Å²) in [5.41, 5.74) is 5.88. The molecule has 7 heteroatoms. The van der Waals surface area contributed by atoms with E-state index in [9.17, 15) is 14.0 Å². The maximum atomic E-state index is 13.3. The first-order chi connectivity index (χ1) is 10.6. The van der Waals surface area contributed by atoms with Gasteiger partial charge in [-0.3, -0.25) is 9.59 Å². The van der Waals surface area contributed by atoms with E-state index in [0.717, 1.165) is 10.9 Å². The number of carbonyl (C=O) groups excluding carboxylic acids is 2. The fourth-order valence-electron chi connectivity index (χ4n) is 1.84. The Morgan fingerprint density at radius 2 is 1.91 bits per heavy atom. The van der Waals surface area contributed by atoms with Crippen LogP contribution < -0.4 is 16.4 Å². The number of hydrogen-bond acceptors (Lipinski definition) is 4. The molecule has 0 aliphatic rings. The minimum atomic E-state index is -0.501. The number of hydrogen-bond donors (Lipinski definition) is 3. The molecule has 2 amide bonds. The molecule has 0 saturated heterocycles. The van der Waals surface area contributed by atoms with Crippen LogP contribution in [-0.4, -0.2) is 18.4 Å². The molecule has 22 heavy (non-hydrogen) atoms. The molecule has 1 heterocycles. The molecule has 0 aliphatic carbocycles. The predicted octanol–water partition coefficient (Wildman–Crippen LogP) is 2.36. The second-order valence-corrected chi connectivity index (χ2v) is 5.61.